The first-order valence-electron chi connectivity index (χ1n) is 6.07. The van der Waals surface area contributed by atoms with Gasteiger partial charge in [0, 0.05) is 24.1 Å². The number of nitrogens with zero attached hydrogens (tertiary/aromatic N) is 2. The predicted octanol–water partition coefficient (Wildman–Crippen LogP) is 2.31. The van der Waals surface area contributed by atoms with E-state index < -0.39 is 5.60 Å². The highest BCUT2D eigenvalue weighted by atomic mass is 16.7. The number of benzene rings is 1. The van der Waals surface area contributed by atoms with Gasteiger partial charge in [0.05, 0.1) is 11.4 Å². The Hall–Kier alpha value is -2.10. The van der Waals surface area contributed by atoms with Crippen LogP contribution in [0.25, 0.3) is 0 Å². The standard InChI is InChI=1S/C14H12N2O2/c1-9-8-14(18-15-9)11-4-2-3-5-12(11)16(13(14)17)10-6-7-10/h2-6H,7-8H2,1H3/t14-/m1/s1. The SMILES string of the molecule is CC1=NO[C@@]2(C1)C(=O)N(C1=CC1)c1ccccc12. The molecule has 0 aromatic heterocycles. The Kier molecular flexibility index (Phi) is 1.66. The first-order chi connectivity index (χ1) is 8.72. The lowest BCUT2D eigenvalue weighted by Crippen LogP contribution is -2.38. The van der Waals surface area contributed by atoms with Crippen LogP contribution in [0.5, 0.6) is 0 Å². The van der Waals surface area contributed by atoms with Gasteiger partial charge in [0.2, 0.25) is 5.60 Å². The van der Waals surface area contributed by atoms with Crippen LogP contribution in [0.15, 0.2) is 41.2 Å². The maximum absolute atomic E-state index is 12.7. The normalized spacial score (nSPS) is 28.1. The van der Waals surface area contributed by atoms with Crippen molar-refractivity contribution >= 4 is 17.3 Å². The van der Waals surface area contributed by atoms with Crippen LogP contribution in [0.3, 0.4) is 0 Å². The molecule has 1 amide bonds. The van der Waals surface area contributed by atoms with Crippen LogP contribution >= 0.6 is 0 Å². The average molecular weight is 240 g/mol. The Labute approximate surface area is 105 Å². The molecule has 2 heterocycles. The number of allylic oxidation sites excluding steroid dienone is 2. The van der Waals surface area contributed by atoms with Gasteiger partial charge in [-0.3, -0.25) is 9.69 Å². The second-order valence-corrected chi connectivity index (χ2v) is 4.98. The highest BCUT2D eigenvalue weighted by Gasteiger charge is 2.57. The average Bonchev–Trinajstić information content (AvgIpc) is 3.08. The van der Waals surface area contributed by atoms with E-state index in [0.717, 1.165) is 29.1 Å². The molecule has 1 aromatic carbocycles. The van der Waals surface area contributed by atoms with E-state index in [4.69, 9.17) is 4.84 Å². The molecule has 1 aliphatic carbocycles. The van der Waals surface area contributed by atoms with E-state index in [1.54, 1.807) is 4.90 Å². The molecule has 1 atom stereocenters. The van der Waals surface area contributed by atoms with E-state index in [1.165, 1.54) is 0 Å². The summed E-state index contributed by atoms with van der Waals surface area (Å²) in [5, 5.41) is 3.98. The van der Waals surface area contributed by atoms with Gasteiger partial charge in [0.15, 0.2) is 0 Å². The number of fused-ring (bicyclic) bond motifs is 2. The van der Waals surface area contributed by atoms with Gasteiger partial charge in [-0.05, 0) is 13.0 Å². The van der Waals surface area contributed by atoms with Crippen molar-refractivity contribution in [1.82, 2.24) is 0 Å². The first-order valence-corrected chi connectivity index (χ1v) is 6.07. The topological polar surface area (TPSA) is 41.9 Å². The van der Waals surface area contributed by atoms with E-state index in [2.05, 4.69) is 11.2 Å². The minimum absolute atomic E-state index is 0.00644. The molecule has 0 unspecified atom stereocenters. The van der Waals surface area contributed by atoms with Gasteiger partial charge in [-0.2, -0.15) is 0 Å². The largest absolute Gasteiger partial charge is 0.374 e. The molecule has 3 aliphatic rings. The minimum Gasteiger partial charge on any atom is -0.374 e. The fraction of sp³-hybridized carbons (Fsp3) is 0.286. The van der Waals surface area contributed by atoms with Gasteiger partial charge in [0.25, 0.3) is 5.91 Å². The van der Waals surface area contributed by atoms with Crippen molar-refractivity contribution in [3.8, 4) is 0 Å². The van der Waals surface area contributed by atoms with E-state index in [-0.39, 0.29) is 5.91 Å². The minimum atomic E-state index is -0.913. The third kappa shape index (κ3) is 1.05. The van der Waals surface area contributed by atoms with Gasteiger partial charge in [-0.1, -0.05) is 29.4 Å². The summed E-state index contributed by atoms with van der Waals surface area (Å²) in [4.78, 5) is 20.0. The Bertz CT molecular complexity index is 632. The van der Waals surface area contributed by atoms with Crippen LogP contribution in [0.2, 0.25) is 0 Å². The molecule has 90 valence electrons. The quantitative estimate of drug-likeness (QED) is 0.756. The Balaban J connectivity index is 1.91. The van der Waals surface area contributed by atoms with Crippen LogP contribution in [0, 0.1) is 0 Å². The molecule has 1 aromatic rings. The van der Waals surface area contributed by atoms with Crippen molar-refractivity contribution in [3.05, 3.63) is 41.6 Å². The molecule has 0 fully saturated rings. The van der Waals surface area contributed by atoms with E-state index in [0.29, 0.717) is 6.42 Å². The zero-order valence-electron chi connectivity index (χ0n) is 10.0. The summed E-state index contributed by atoms with van der Waals surface area (Å²) >= 11 is 0. The third-order valence-electron chi connectivity index (χ3n) is 3.66. The molecule has 0 N–H and O–H groups in total. The smallest absolute Gasteiger partial charge is 0.283 e. The molecular weight excluding hydrogens is 228 g/mol. The zero-order valence-corrected chi connectivity index (χ0v) is 10.0. The van der Waals surface area contributed by atoms with E-state index >= 15 is 0 Å². The molecule has 4 heteroatoms. The van der Waals surface area contributed by atoms with Crippen molar-refractivity contribution in [2.45, 2.75) is 25.4 Å². The van der Waals surface area contributed by atoms with Crippen molar-refractivity contribution in [2.24, 2.45) is 5.16 Å². The van der Waals surface area contributed by atoms with Gasteiger partial charge >= 0.3 is 0 Å². The Morgan fingerprint density at radius 1 is 1.39 bits per heavy atom. The maximum atomic E-state index is 12.7. The van der Waals surface area contributed by atoms with Crippen molar-refractivity contribution in [1.29, 1.82) is 0 Å². The summed E-state index contributed by atoms with van der Waals surface area (Å²) in [6.07, 6.45) is 3.49. The first kappa shape index (κ1) is 9.88. The van der Waals surface area contributed by atoms with Crippen LogP contribution in [0.4, 0.5) is 5.69 Å². The molecule has 0 saturated carbocycles. The number of oxime groups is 1. The van der Waals surface area contributed by atoms with Crippen LogP contribution in [-0.2, 0) is 15.2 Å². The van der Waals surface area contributed by atoms with Crippen molar-refractivity contribution < 1.29 is 9.63 Å². The summed E-state index contributed by atoms with van der Waals surface area (Å²) in [6.45, 7) is 1.89. The van der Waals surface area contributed by atoms with Gasteiger partial charge in [0.1, 0.15) is 0 Å². The predicted molar refractivity (Wildman–Crippen MR) is 67.1 cm³/mol. The fourth-order valence-corrected chi connectivity index (χ4v) is 2.77. The van der Waals surface area contributed by atoms with Crippen LogP contribution < -0.4 is 4.90 Å². The molecule has 18 heavy (non-hydrogen) atoms. The Morgan fingerprint density at radius 3 is 2.83 bits per heavy atom. The summed E-state index contributed by atoms with van der Waals surface area (Å²) in [5.74, 6) is -0.00644. The van der Waals surface area contributed by atoms with E-state index in [1.807, 2.05) is 31.2 Å². The van der Waals surface area contributed by atoms with Gasteiger partial charge in [-0.25, -0.2) is 0 Å². The Morgan fingerprint density at radius 2 is 2.17 bits per heavy atom. The highest BCUT2D eigenvalue weighted by Crippen LogP contribution is 2.50. The number of hydrogen-bond acceptors (Lipinski definition) is 3. The lowest BCUT2D eigenvalue weighted by atomic mass is 9.91. The lowest BCUT2D eigenvalue weighted by molar-refractivity contribution is -0.139. The second-order valence-electron chi connectivity index (χ2n) is 4.98. The van der Waals surface area contributed by atoms with Crippen molar-refractivity contribution in [2.75, 3.05) is 4.90 Å². The highest BCUT2D eigenvalue weighted by molar-refractivity contribution is 6.12. The molecule has 0 saturated heterocycles. The summed E-state index contributed by atoms with van der Waals surface area (Å²) < 4.78 is 0. The number of amides is 1. The molecule has 0 bridgehead atoms. The van der Waals surface area contributed by atoms with Crippen LogP contribution in [0.1, 0.15) is 25.3 Å². The lowest BCUT2D eigenvalue weighted by Gasteiger charge is -2.20. The number of hydrogen-bond donors (Lipinski definition) is 0. The molecule has 4 nitrogen and oxygen atoms in total. The summed E-state index contributed by atoms with van der Waals surface area (Å²) in [6, 6.07) is 7.82. The van der Waals surface area contributed by atoms with Gasteiger partial charge < -0.3 is 4.84 Å². The molecular formula is C14H12N2O2. The van der Waals surface area contributed by atoms with Crippen molar-refractivity contribution in [3.63, 3.8) is 0 Å². The molecule has 4 rings (SSSR count). The monoisotopic (exact) mass is 240 g/mol. The maximum Gasteiger partial charge on any atom is 0.283 e. The summed E-state index contributed by atoms with van der Waals surface area (Å²) in [5.41, 5.74) is 2.89. The van der Waals surface area contributed by atoms with E-state index in [9.17, 15) is 4.79 Å². The van der Waals surface area contributed by atoms with Gasteiger partial charge in [-0.15, -0.1) is 0 Å². The zero-order chi connectivity index (χ0) is 12.3. The second kappa shape index (κ2) is 3.02. The van der Waals surface area contributed by atoms with Crippen LogP contribution in [-0.4, -0.2) is 11.6 Å². The summed E-state index contributed by atoms with van der Waals surface area (Å²) in [7, 11) is 0. The fourth-order valence-electron chi connectivity index (χ4n) is 2.77. The third-order valence-corrected chi connectivity index (χ3v) is 3.66. The number of carbonyl (C=O) groups is 1. The number of anilines is 1. The number of rotatable bonds is 1. The number of para-hydroxylation sites is 1. The molecule has 0 radical (unpaired) electrons. The number of carbonyl (C=O) groups excluding carboxylic acids is 1. The molecule has 2 aliphatic heterocycles. The molecule has 1 spiro atoms.